The molecule has 2 aromatic carbocycles. The fraction of sp³-hybridized carbons (Fsp3) is 0.176. The number of carbonyl (C=O) groups excluding carboxylic acids is 2. The van der Waals surface area contributed by atoms with E-state index in [0.29, 0.717) is 12.4 Å². The van der Waals surface area contributed by atoms with Gasteiger partial charge in [0.05, 0.1) is 17.3 Å². The molecule has 0 heterocycles. The van der Waals surface area contributed by atoms with Crippen LogP contribution in [0.3, 0.4) is 0 Å². The number of para-hydroxylation sites is 1. The first-order valence-corrected chi connectivity index (χ1v) is 7.53. The van der Waals surface area contributed by atoms with Crippen LogP contribution in [-0.4, -0.2) is 25.1 Å². The van der Waals surface area contributed by atoms with E-state index in [1.807, 2.05) is 0 Å². The molecule has 0 fully saturated rings. The molecular weight excluding hydrogens is 337 g/mol. The van der Waals surface area contributed by atoms with Gasteiger partial charge in [-0.25, -0.2) is 9.18 Å². The van der Waals surface area contributed by atoms with Gasteiger partial charge < -0.3 is 14.8 Å². The van der Waals surface area contributed by atoms with Crippen LogP contribution in [-0.2, 0) is 9.53 Å². The lowest BCUT2D eigenvalue weighted by Gasteiger charge is -2.10. The van der Waals surface area contributed by atoms with E-state index in [0.717, 1.165) is 6.07 Å². The third-order valence-corrected chi connectivity index (χ3v) is 3.27. The minimum atomic E-state index is -0.695. The molecular formula is C17H15ClFNO4. The van der Waals surface area contributed by atoms with Crippen molar-refractivity contribution < 1.29 is 23.5 Å². The number of anilines is 1. The highest BCUT2D eigenvalue weighted by Gasteiger charge is 2.15. The van der Waals surface area contributed by atoms with Gasteiger partial charge in [0, 0.05) is 0 Å². The number of benzene rings is 2. The Balaban J connectivity index is 1.96. The Morgan fingerprint density at radius 1 is 1.21 bits per heavy atom. The number of amides is 1. The van der Waals surface area contributed by atoms with Gasteiger partial charge in [-0.2, -0.15) is 0 Å². The summed E-state index contributed by atoms with van der Waals surface area (Å²) < 4.78 is 23.4. The quantitative estimate of drug-likeness (QED) is 0.806. The van der Waals surface area contributed by atoms with Crippen LogP contribution in [0.5, 0.6) is 5.75 Å². The fourth-order valence-electron chi connectivity index (χ4n) is 1.91. The van der Waals surface area contributed by atoms with Crippen molar-refractivity contribution in [1.29, 1.82) is 0 Å². The van der Waals surface area contributed by atoms with Crippen LogP contribution < -0.4 is 10.1 Å². The van der Waals surface area contributed by atoms with Crippen molar-refractivity contribution in [1.82, 2.24) is 0 Å². The number of rotatable bonds is 6. The average molecular weight is 352 g/mol. The Labute approximate surface area is 143 Å². The van der Waals surface area contributed by atoms with Gasteiger partial charge in [-0.15, -0.1) is 0 Å². The molecule has 1 N–H and O–H groups in total. The Bertz CT molecular complexity index is 751. The van der Waals surface area contributed by atoms with Gasteiger partial charge in [-0.05, 0) is 37.3 Å². The molecule has 126 valence electrons. The number of carbonyl (C=O) groups is 2. The summed E-state index contributed by atoms with van der Waals surface area (Å²) in [5, 5.41) is 2.56. The summed E-state index contributed by atoms with van der Waals surface area (Å²) in [7, 11) is 0. The molecule has 2 rings (SSSR count). The summed E-state index contributed by atoms with van der Waals surface area (Å²) in [6, 6.07) is 10.1. The van der Waals surface area contributed by atoms with E-state index in [2.05, 4.69) is 5.32 Å². The van der Waals surface area contributed by atoms with Crippen LogP contribution in [0.15, 0.2) is 42.5 Å². The van der Waals surface area contributed by atoms with Gasteiger partial charge >= 0.3 is 5.97 Å². The topological polar surface area (TPSA) is 64.6 Å². The second-order valence-corrected chi connectivity index (χ2v) is 5.08. The van der Waals surface area contributed by atoms with E-state index in [9.17, 15) is 14.0 Å². The molecule has 7 heteroatoms. The molecule has 0 aliphatic heterocycles. The number of nitrogens with one attached hydrogen (secondary N) is 1. The van der Waals surface area contributed by atoms with Crippen molar-refractivity contribution in [2.45, 2.75) is 6.92 Å². The summed E-state index contributed by atoms with van der Waals surface area (Å²) in [6.07, 6.45) is 0. The lowest BCUT2D eigenvalue weighted by atomic mass is 10.2. The lowest BCUT2D eigenvalue weighted by molar-refractivity contribution is -0.119. The SMILES string of the molecule is CCOc1ccccc1C(=O)OCC(=O)Nc1cc(F)ccc1Cl. The van der Waals surface area contributed by atoms with Crippen LogP contribution >= 0.6 is 11.6 Å². The zero-order valence-electron chi connectivity index (χ0n) is 12.8. The Kier molecular flexibility index (Phi) is 6.14. The van der Waals surface area contributed by atoms with Gasteiger partial charge in [0.2, 0.25) is 0 Å². The molecule has 0 atom stereocenters. The molecule has 0 aromatic heterocycles. The first kappa shape index (κ1) is 17.7. The third kappa shape index (κ3) is 4.70. The monoisotopic (exact) mass is 351 g/mol. The summed E-state index contributed by atoms with van der Waals surface area (Å²) in [4.78, 5) is 23.9. The van der Waals surface area contributed by atoms with Crippen LogP contribution in [0.25, 0.3) is 0 Å². The summed E-state index contributed by atoms with van der Waals surface area (Å²) >= 11 is 5.85. The molecule has 0 saturated heterocycles. The predicted octanol–water partition coefficient (Wildman–Crippen LogP) is 3.67. The van der Waals surface area contributed by atoms with Crippen LogP contribution in [0.2, 0.25) is 5.02 Å². The van der Waals surface area contributed by atoms with Crippen LogP contribution in [0, 0.1) is 5.82 Å². The zero-order valence-corrected chi connectivity index (χ0v) is 13.6. The maximum Gasteiger partial charge on any atom is 0.342 e. The van der Waals surface area contributed by atoms with E-state index in [4.69, 9.17) is 21.1 Å². The molecule has 0 unspecified atom stereocenters. The highest BCUT2D eigenvalue weighted by molar-refractivity contribution is 6.33. The van der Waals surface area contributed by atoms with Crippen molar-refractivity contribution in [3.8, 4) is 5.75 Å². The highest BCUT2D eigenvalue weighted by Crippen LogP contribution is 2.22. The fourth-order valence-corrected chi connectivity index (χ4v) is 2.07. The van der Waals surface area contributed by atoms with Gasteiger partial charge in [-0.3, -0.25) is 4.79 Å². The number of halogens is 2. The smallest absolute Gasteiger partial charge is 0.342 e. The molecule has 0 spiro atoms. The molecule has 5 nitrogen and oxygen atoms in total. The minimum Gasteiger partial charge on any atom is -0.493 e. The van der Waals surface area contributed by atoms with E-state index < -0.39 is 24.3 Å². The molecule has 1 amide bonds. The first-order chi connectivity index (χ1) is 11.5. The van der Waals surface area contributed by atoms with Gasteiger partial charge in [0.25, 0.3) is 5.91 Å². The average Bonchev–Trinajstić information content (AvgIpc) is 2.57. The second-order valence-electron chi connectivity index (χ2n) is 4.68. The second kappa shape index (κ2) is 8.31. The Hall–Kier alpha value is -2.60. The summed E-state index contributed by atoms with van der Waals surface area (Å²) in [6.45, 7) is 1.65. The highest BCUT2D eigenvalue weighted by atomic mass is 35.5. The van der Waals surface area contributed by atoms with E-state index in [1.54, 1.807) is 25.1 Å². The van der Waals surface area contributed by atoms with Crippen molar-refractivity contribution in [2.75, 3.05) is 18.5 Å². The number of esters is 1. The molecule has 0 aliphatic rings. The van der Waals surface area contributed by atoms with Gasteiger partial charge in [0.15, 0.2) is 6.61 Å². The molecule has 0 saturated carbocycles. The van der Waals surface area contributed by atoms with Gasteiger partial charge in [-0.1, -0.05) is 23.7 Å². The standard InChI is InChI=1S/C17H15ClFNO4/c1-2-23-15-6-4-3-5-12(15)17(22)24-10-16(21)20-14-9-11(19)7-8-13(14)18/h3-9H,2,10H2,1H3,(H,20,21). The van der Waals surface area contributed by atoms with Gasteiger partial charge in [0.1, 0.15) is 17.1 Å². The normalized spacial score (nSPS) is 10.1. The van der Waals surface area contributed by atoms with E-state index >= 15 is 0 Å². The maximum absolute atomic E-state index is 13.1. The molecule has 0 aliphatic carbocycles. The summed E-state index contributed by atoms with van der Waals surface area (Å²) in [5.41, 5.74) is 0.323. The molecule has 0 bridgehead atoms. The van der Waals surface area contributed by atoms with Crippen LogP contribution in [0.4, 0.5) is 10.1 Å². The number of hydrogen-bond donors (Lipinski definition) is 1. The van der Waals surface area contributed by atoms with Crippen molar-refractivity contribution in [2.24, 2.45) is 0 Å². The van der Waals surface area contributed by atoms with Crippen LogP contribution in [0.1, 0.15) is 17.3 Å². The van der Waals surface area contributed by atoms with Crippen molar-refractivity contribution in [3.05, 3.63) is 58.9 Å². The van der Waals surface area contributed by atoms with E-state index in [-0.39, 0.29) is 16.3 Å². The Morgan fingerprint density at radius 3 is 2.71 bits per heavy atom. The largest absolute Gasteiger partial charge is 0.493 e. The molecule has 24 heavy (non-hydrogen) atoms. The predicted molar refractivity (Wildman–Crippen MR) is 87.9 cm³/mol. The molecule has 0 radical (unpaired) electrons. The lowest BCUT2D eigenvalue weighted by Crippen LogP contribution is -2.21. The number of hydrogen-bond acceptors (Lipinski definition) is 4. The van der Waals surface area contributed by atoms with Crippen molar-refractivity contribution >= 4 is 29.2 Å². The zero-order chi connectivity index (χ0) is 17.5. The van der Waals surface area contributed by atoms with E-state index in [1.165, 1.54) is 18.2 Å². The minimum absolute atomic E-state index is 0.104. The first-order valence-electron chi connectivity index (χ1n) is 7.15. The molecule has 2 aromatic rings. The number of ether oxygens (including phenoxy) is 2. The maximum atomic E-state index is 13.1. The van der Waals surface area contributed by atoms with Crippen molar-refractivity contribution in [3.63, 3.8) is 0 Å². The third-order valence-electron chi connectivity index (χ3n) is 2.94. The Morgan fingerprint density at radius 2 is 1.96 bits per heavy atom. The summed E-state index contributed by atoms with van der Waals surface area (Å²) in [5.74, 6) is -1.50.